The van der Waals surface area contributed by atoms with Gasteiger partial charge in [-0.25, -0.2) is 4.39 Å². The van der Waals surface area contributed by atoms with Crippen LogP contribution in [0.4, 0.5) is 4.39 Å². The highest BCUT2D eigenvalue weighted by molar-refractivity contribution is 7.99. The second-order valence-electron chi connectivity index (χ2n) is 9.73. The summed E-state index contributed by atoms with van der Waals surface area (Å²) in [4.78, 5) is 19.4. The van der Waals surface area contributed by atoms with Gasteiger partial charge in [0.2, 0.25) is 0 Å². The summed E-state index contributed by atoms with van der Waals surface area (Å²) in [5.41, 5.74) is 1.41. The molecule has 0 amide bonds. The minimum absolute atomic E-state index is 0.168. The predicted molar refractivity (Wildman–Crippen MR) is 142 cm³/mol. The first kappa shape index (κ1) is 26.5. The van der Waals surface area contributed by atoms with Crippen LogP contribution in [0.1, 0.15) is 43.8 Å². The molecule has 0 aliphatic carbocycles. The molecule has 3 atom stereocenters. The summed E-state index contributed by atoms with van der Waals surface area (Å²) >= 11 is 1.85. The van der Waals surface area contributed by atoms with Gasteiger partial charge < -0.3 is 19.3 Å². The normalized spacial score (nSPS) is 19.4. The average Bonchev–Trinajstić information content (AvgIpc) is 3.30. The molecule has 4 rings (SSSR count). The van der Waals surface area contributed by atoms with Crippen molar-refractivity contribution in [3.63, 3.8) is 0 Å². The van der Waals surface area contributed by atoms with Crippen molar-refractivity contribution in [1.82, 2.24) is 14.5 Å². The zero-order chi connectivity index (χ0) is 25.5. The molecule has 1 aromatic carbocycles. The van der Waals surface area contributed by atoms with Crippen LogP contribution in [-0.2, 0) is 11.8 Å². The lowest BCUT2D eigenvalue weighted by Crippen LogP contribution is -2.41. The van der Waals surface area contributed by atoms with Crippen LogP contribution in [0.25, 0.3) is 10.9 Å². The number of ether oxygens (including phenoxy) is 1. The number of fused-ring (bicyclic) bond motifs is 1. The molecule has 194 valence electrons. The number of thioether (sulfide) groups is 1. The van der Waals surface area contributed by atoms with Crippen LogP contribution in [0, 0.1) is 11.8 Å². The van der Waals surface area contributed by atoms with Gasteiger partial charge in [-0.1, -0.05) is 0 Å². The predicted octanol–water partition coefficient (Wildman–Crippen LogP) is 5.97. The first-order chi connectivity index (χ1) is 17.4. The highest BCUT2D eigenvalue weighted by Gasteiger charge is 2.30. The van der Waals surface area contributed by atoms with Gasteiger partial charge in [-0.3, -0.25) is 9.78 Å². The maximum Gasteiger partial charge on any atom is 0.303 e. The molecule has 3 heterocycles. The number of methoxy groups -OCH3 is 1. The fourth-order valence-electron chi connectivity index (χ4n) is 5.29. The van der Waals surface area contributed by atoms with Gasteiger partial charge in [-0.05, 0) is 80.0 Å². The number of nitrogens with zero attached hydrogens (tertiary/aromatic N) is 3. The summed E-state index contributed by atoms with van der Waals surface area (Å²) in [5.74, 6) is 1.55. The number of benzene rings is 1. The second kappa shape index (κ2) is 12.6. The van der Waals surface area contributed by atoms with Gasteiger partial charge in [0.1, 0.15) is 11.9 Å². The molecule has 0 saturated carbocycles. The van der Waals surface area contributed by atoms with Crippen molar-refractivity contribution in [2.75, 3.05) is 32.5 Å². The molecule has 3 aromatic rings. The van der Waals surface area contributed by atoms with E-state index < -0.39 is 12.1 Å². The molecule has 1 aliphatic rings. The van der Waals surface area contributed by atoms with Crippen LogP contribution < -0.4 is 4.74 Å². The lowest BCUT2D eigenvalue weighted by Gasteiger charge is -2.39. The summed E-state index contributed by atoms with van der Waals surface area (Å²) in [6.07, 6.45) is 7.73. The molecule has 1 fully saturated rings. The molecule has 0 spiro atoms. The van der Waals surface area contributed by atoms with Gasteiger partial charge in [-0.2, -0.15) is 0 Å². The number of alkyl halides is 1. The van der Waals surface area contributed by atoms with Crippen LogP contribution in [0.3, 0.4) is 0 Å². The zero-order valence-corrected chi connectivity index (χ0v) is 21.9. The standard InChI is InChI=1S/C28H36FN3O3S/c1-31-13-11-23(19-31)36-16-15-32-14-10-20(21(18-32)4-8-28(33)34)3-6-26(29)24-9-12-30-27-7-5-22(35-2)17-25(24)27/h5,7,9,11-13,17,19-21,26H,3-4,6,8,10,14-16,18H2,1-2H3,(H,33,34)/t20?,21?,26-/m0/s1. The minimum atomic E-state index is -1.09. The Morgan fingerprint density at radius 1 is 1.28 bits per heavy atom. The largest absolute Gasteiger partial charge is 0.497 e. The van der Waals surface area contributed by atoms with Gasteiger partial charge in [0.15, 0.2) is 0 Å². The van der Waals surface area contributed by atoms with E-state index in [1.165, 1.54) is 4.90 Å². The number of rotatable bonds is 12. The maximum atomic E-state index is 15.5. The maximum absolute atomic E-state index is 15.5. The first-order valence-corrected chi connectivity index (χ1v) is 13.7. The smallest absolute Gasteiger partial charge is 0.303 e. The Bertz CT molecular complexity index is 1150. The number of aryl methyl sites for hydroxylation is 1. The third-order valence-electron chi connectivity index (χ3n) is 7.30. The summed E-state index contributed by atoms with van der Waals surface area (Å²) in [6, 6.07) is 9.44. The van der Waals surface area contributed by atoms with Gasteiger partial charge in [-0.15, -0.1) is 11.8 Å². The van der Waals surface area contributed by atoms with E-state index in [1.807, 2.05) is 37.0 Å². The number of halogens is 1. The number of piperidine rings is 1. The fraction of sp³-hybridized carbons (Fsp3) is 0.500. The van der Waals surface area contributed by atoms with E-state index in [0.717, 1.165) is 49.1 Å². The molecule has 1 N–H and O–H groups in total. The van der Waals surface area contributed by atoms with Crippen LogP contribution >= 0.6 is 11.8 Å². The molecule has 8 heteroatoms. The van der Waals surface area contributed by atoms with E-state index >= 15 is 4.39 Å². The SMILES string of the molecule is COc1ccc2nccc([C@@H](F)CCC3CCN(CCSc4ccn(C)c4)CC3CCC(=O)O)c2c1. The van der Waals surface area contributed by atoms with E-state index in [0.29, 0.717) is 30.1 Å². The van der Waals surface area contributed by atoms with Crippen LogP contribution in [-0.4, -0.2) is 58.0 Å². The molecule has 36 heavy (non-hydrogen) atoms. The van der Waals surface area contributed by atoms with Gasteiger partial charge in [0.25, 0.3) is 0 Å². The van der Waals surface area contributed by atoms with Gasteiger partial charge >= 0.3 is 5.97 Å². The third-order valence-corrected chi connectivity index (χ3v) is 8.26. The molecule has 2 unspecified atom stereocenters. The van der Waals surface area contributed by atoms with E-state index in [4.69, 9.17) is 4.74 Å². The highest BCUT2D eigenvalue weighted by atomic mass is 32.2. The molecule has 0 radical (unpaired) electrons. The van der Waals surface area contributed by atoms with E-state index in [1.54, 1.807) is 19.4 Å². The first-order valence-electron chi connectivity index (χ1n) is 12.7. The van der Waals surface area contributed by atoms with E-state index in [-0.39, 0.29) is 12.3 Å². The summed E-state index contributed by atoms with van der Waals surface area (Å²) in [6.45, 7) is 2.85. The quantitative estimate of drug-likeness (QED) is 0.301. The van der Waals surface area contributed by atoms with Crippen LogP contribution in [0.2, 0.25) is 0 Å². The van der Waals surface area contributed by atoms with Crippen LogP contribution in [0.15, 0.2) is 53.8 Å². The summed E-state index contributed by atoms with van der Waals surface area (Å²) < 4.78 is 22.9. The summed E-state index contributed by atoms with van der Waals surface area (Å²) in [5, 5.41) is 10.1. The molecule has 0 bridgehead atoms. The molecular weight excluding hydrogens is 477 g/mol. The Labute approximate surface area is 216 Å². The van der Waals surface area contributed by atoms with Crippen molar-refractivity contribution in [3.8, 4) is 5.75 Å². The van der Waals surface area contributed by atoms with Crippen molar-refractivity contribution in [2.45, 2.75) is 43.2 Å². The Hall–Kier alpha value is -2.58. The molecule has 2 aromatic heterocycles. The Balaban J connectivity index is 1.35. The number of aromatic nitrogens is 2. The second-order valence-corrected chi connectivity index (χ2v) is 10.9. The lowest BCUT2D eigenvalue weighted by molar-refractivity contribution is -0.137. The fourth-order valence-corrected chi connectivity index (χ4v) is 6.28. The third kappa shape index (κ3) is 7.01. The van der Waals surface area contributed by atoms with Gasteiger partial charge in [0, 0.05) is 61.2 Å². The Morgan fingerprint density at radius 2 is 2.14 bits per heavy atom. The number of carboxylic acids is 1. The molecular formula is C28H36FN3O3S. The van der Waals surface area contributed by atoms with Crippen molar-refractivity contribution in [1.29, 1.82) is 0 Å². The average molecular weight is 514 g/mol. The Kier molecular flexibility index (Phi) is 9.26. The Morgan fingerprint density at radius 3 is 2.89 bits per heavy atom. The molecule has 6 nitrogen and oxygen atoms in total. The van der Waals surface area contributed by atoms with Gasteiger partial charge in [0.05, 0.1) is 12.6 Å². The topological polar surface area (TPSA) is 67.6 Å². The van der Waals surface area contributed by atoms with Crippen molar-refractivity contribution in [2.24, 2.45) is 18.9 Å². The number of carboxylic acid groups (broad SMARTS) is 1. The number of carbonyl (C=O) groups is 1. The van der Waals surface area contributed by atoms with Crippen molar-refractivity contribution >= 4 is 28.6 Å². The molecule has 1 aliphatic heterocycles. The van der Waals surface area contributed by atoms with Crippen LogP contribution in [0.5, 0.6) is 5.75 Å². The molecule has 1 saturated heterocycles. The number of aliphatic carboxylic acids is 1. The minimum Gasteiger partial charge on any atom is -0.497 e. The number of likely N-dealkylation sites (tertiary alicyclic amines) is 1. The number of pyridine rings is 1. The lowest BCUT2D eigenvalue weighted by atomic mass is 9.79. The van der Waals surface area contributed by atoms with Crippen molar-refractivity contribution in [3.05, 3.63) is 54.5 Å². The highest BCUT2D eigenvalue weighted by Crippen LogP contribution is 2.36. The zero-order valence-electron chi connectivity index (χ0n) is 21.1. The number of hydrogen-bond donors (Lipinski definition) is 1. The van der Waals surface area contributed by atoms with E-state index in [9.17, 15) is 9.90 Å². The van der Waals surface area contributed by atoms with Crippen molar-refractivity contribution < 1.29 is 19.0 Å². The van der Waals surface area contributed by atoms with E-state index in [2.05, 4.69) is 32.9 Å². The monoisotopic (exact) mass is 513 g/mol. The summed E-state index contributed by atoms with van der Waals surface area (Å²) in [7, 11) is 3.63. The number of hydrogen-bond acceptors (Lipinski definition) is 5.